The summed E-state index contributed by atoms with van der Waals surface area (Å²) < 4.78 is 76.0. The van der Waals surface area contributed by atoms with E-state index in [2.05, 4.69) is 0 Å². The van der Waals surface area contributed by atoms with Crippen LogP contribution >= 0.6 is 0 Å². The van der Waals surface area contributed by atoms with Crippen LogP contribution in [0.3, 0.4) is 0 Å². The third-order valence-electron chi connectivity index (χ3n) is 2.93. The summed E-state index contributed by atoms with van der Waals surface area (Å²) in [7, 11) is 0. The molecular formula is C11H9F6N2O3-. The lowest BCUT2D eigenvalue weighted by Gasteiger charge is -2.32. The second-order valence-corrected chi connectivity index (χ2v) is 4.39. The summed E-state index contributed by atoms with van der Waals surface area (Å²) in [6.07, 6.45) is -11.7. The minimum Gasteiger partial charge on any atom is -0.733 e. The van der Waals surface area contributed by atoms with Gasteiger partial charge >= 0.3 is 12.4 Å². The normalized spacial score (nSPS) is 13.0. The number of benzene rings is 1. The summed E-state index contributed by atoms with van der Waals surface area (Å²) in [6, 6.07) is 3.51. The first-order valence-electron chi connectivity index (χ1n) is 5.52. The zero-order chi connectivity index (χ0) is 17.3. The molecule has 22 heavy (non-hydrogen) atoms. The van der Waals surface area contributed by atoms with Crippen molar-refractivity contribution in [3.8, 4) is 0 Å². The van der Waals surface area contributed by atoms with Gasteiger partial charge in [0, 0.05) is 5.69 Å². The van der Waals surface area contributed by atoms with Gasteiger partial charge in [0.15, 0.2) is 0 Å². The number of amides is 1. The van der Waals surface area contributed by atoms with Crippen molar-refractivity contribution >= 4 is 17.3 Å². The molecule has 0 aliphatic rings. The molecule has 0 saturated heterocycles. The van der Waals surface area contributed by atoms with Gasteiger partial charge in [-0.1, -0.05) is 0 Å². The molecule has 0 bridgehead atoms. The Labute approximate surface area is 119 Å². The fourth-order valence-corrected chi connectivity index (χ4v) is 1.35. The van der Waals surface area contributed by atoms with Crippen molar-refractivity contribution in [2.75, 3.05) is 10.5 Å². The van der Waals surface area contributed by atoms with Gasteiger partial charge in [0.1, 0.15) is 0 Å². The number of halogens is 6. The highest BCUT2D eigenvalue weighted by atomic mass is 19.4. The second kappa shape index (κ2) is 5.65. The fraction of sp³-hybridized carbons (Fsp3) is 0.364. The number of hydrogen-bond acceptors (Lipinski definition) is 4. The highest BCUT2D eigenvalue weighted by molar-refractivity contribution is 5.96. The van der Waals surface area contributed by atoms with E-state index >= 15 is 0 Å². The average Bonchev–Trinajstić information content (AvgIpc) is 2.35. The van der Waals surface area contributed by atoms with Gasteiger partial charge in [0.2, 0.25) is 11.3 Å². The summed E-state index contributed by atoms with van der Waals surface area (Å²) in [5.41, 5.74) is -5.33. The lowest BCUT2D eigenvalue weighted by Crippen LogP contribution is -2.55. The van der Waals surface area contributed by atoms with Gasteiger partial charge < -0.3 is 15.8 Å². The number of nitrogens with zero attached hydrogens (tertiary/aromatic N) is 1. The predicted molar refractivity (Wildman–Crippen MR) is 62.9 cm³/mol. The molecule has 0 fully saturated rings. The average molecular weight is 331 g/mol. The Hall–Kier alpha value is -2.01. The van der Waals surface area contributed by atoms with Crippen LogP contribution in [0.4, 0.5) is 37.7 Å². The topological polar surface area (TPSA) is 75.6 Å². The standard InChI is InChI=1S/C11H9F6N2O3/c1-9(10(12,13)14,11(15,16)17)8(20)18-6-2-4-7(5-3-6)19(21)22/h2-5,21H,1H3,(H,18,20)/q-1. The van der Waals surface area contributed by atoms with Crippen LogP contribution in [0.15, 0.2) is 24.3 Å². The molecule has 2 N–H and O–H groups in total. The van der Waals surface area contributed by atoms with E-state index in [0.29, 0.717) is 0 Å². The van der Waals surface area contributed by atoms with Gasteiger partial charge in [-0.15, -0.1) is 0 Å². The van der Waals surface area contributed by atoms with Gasteiger partial charge in [-0.25, -0.2) is 0 Å². The summed E-state index contributed by atoms with van der Waals surface area (Å²) >= 11 is 0. The zero-order valence-corrected chi connectivity index (χ0v) is 10.8. The summed E-state index contributed by atoms with van der Waals surface area (Å²) in [5.74, 6) is -2.32. The molecule has 0 aliphatic heterocycles. The third-order valence-corrected chi connectivity index (χ3v) is 2.93. The number of carbonyl (C=O) groups excluding carboxylic acids is 1. The maximum atomic E-state index is 12.7. The van der Waals surface area contributed by atoms with E-state index < -0.39 is 34.6 Å². The first-order valence-corrected chi connectivity index (χ1v) is 5.52. The predicted octanol–water partition coefficient (Wildman–Crippen LogP) is 3.45. The number of rotatable bonds is 3. The van der Waals surface area contributed by atoms with Crippen molar-refractivity contribution in [1.82, 2.24) is 0 Å². The number of carbonyl (C=O) groups is 1. The number of nitrogens with one attached hydrogen (secondary N) is 1. The Bertz CT molecular complexity index is 524. The minimum atomic E-state index is -5.85. The molecule has 1 aromatic rings. The van der Waals surface area contributed by atoms with Gasteiger partial charge in [-0.2, -0.15) is 26.3 Å². The summed E-state index contributed by atoms with van der Waals surface area (Å²) in [6.45, 7) is -0.274. The molecule has 0 aliphatic carbocycles. The van der Waals surface area contributed by atoms with Crippen LogP contribution in [0.25, 0.3) is 0 Å². The van der Waals surface area contributed by atoms with Crippen molar-refractivity contribution < 1.29 is 36.3 Å². The Morgan fingerprint density at radius 2 is 1.50 bits per heavy atom. The molecule has 0 unspecified atom stereocenters. The highest BCUT2D eigenvalue weighted by Gasteiger charge is 2.72. The van der Waals surface area contributed by atoms with Crippen LogP contribution in [0.5, 0.6) is 0 Å². The van der Waals surface area contributed by atoms with Crippen LogP contribution in [0.2, 0.25) is 0 Å². The van der Waals surface area contributed by atoms with E-state index in [1.54, 1.807) is 0 Å². The van der Waals surface area contributed by atoms with Gasteiger partial charge in [-0.05, 0) is 31.2 Å². The SMILES string of the molecule is CC(C(=O)Nc1ccc(N([O-])O)cc1)(C(F)(F)F)C(F)(F)F. The maximum absolute atomic E-state index is 12.7. The lowest BCUT2D eigenvalue weighted by molar-refractivity contribution is -0.317. The number of hydrogen-bond donors (Lipinski definition) is 2. The molecule has 1 amide bonds. The minimum absolute atomic E-state index is 0.274. The molecule has 1 aromatic carbocycles. The molecule has 0 aromatic heterocycles. The molecule has 1 rings (SSSR count). The summed E-state index contributed by atoms with van der Waals surface area (Å²) in [4.78, 5) is 11.5. The van der Waals surface area contributed by atoms with Crippen LogP contribution in [-0.2, 0) is 4.79 Å². The first-order chi connectivity index (χ1) is 9.80. The van der Waals surface area contributed by atoms with Crippen molar-refractivity contribution in [2.24, 2.45) is 5.41 Å². The second-order valence-electron chi connectivity index (χ2n) is 4.39. The van der Waals surface area contributed by atoms with Crippen molar-refractivity contribution in [3.63, 3.8) is 0 Å². The molecule has 0 radical (unpaired) electrons. The zero-order valence-electron chi connectivity index (χ0n) is 10.8. The molecule has 124 valence electrons. The largest absolute Gasteiger partial charge is 0.733 e. The maximum Gasteiger partial charge on any atom is 0.411 e. The molecule has 0 spiro atoms. The quantitative estimate of drug-likeness (QED) is 0.657. The number of alkyl halides is 6. The van der Waals surface area contributed by atoms with Crippen molar-refractivity contribution in [2.45, 2.75) is 19.3 Å². The first kappa shape index (κ1) is 18.0. The van der Waals surface area contributed by atoms with Gasteiger partial charge in [0.05, 0.1) is 5.69 Å². The Morgan fingerprint density at radius 1 is 1.09 bits per heavy atom. The number of anilines is 2. The molecule has 5 nitrogen and oxygen atoms in total. The van der Waals surface area contributed by atoms with Crippen molar-refractivity contribution in [1.29, 1.82) is 0 Å². The smallest absolute Gasteiger partial charge is 0.411 e. The van der Waals surface area contributed by atoms with Gasteiger partial charge in [0.25, 0.3) is 0 Å². The third kappa shape index (κ3) is 3.25. The Morgan fingerprint density at radius 3 is 1.82 bits per heavy atom. The van der Waals surface area contributed by atoms with E-state index in [1.165, 1.54) is 5.32 Å². The molecule has 0 atom stereocenters. The molecule has 0 heterocycles. The lowest BCUT2D eigenvalue weighted by atomic mass is 9.87. The molecule has 0 saturated carbocycles. The van der Waals surface area contributed by atoms with Crippen LogP contribution in [0.1, 0.15) is 6.92 Å². The van der Waals surface area contributed by atoms with E-state index in [1.807, 2.05) is 0 Å². The van der Waals surface area contributed by atoms with E-state index in [4.69, 9.17) is 5.21 Å². The van der Waals surface area contributed by atoms with E-state index in [9.17, 15) is 36.3 Å². The van der Waals surface area contributed by atoms with E-state index in [-0.39, 0.29) is 12.6 Å². The Balaban J connectivity index is 3.08. The van der Waals surface area contributed by atoms with Crippen LogP contribution in [0, 0.1) is 10.6 Å². The molecule has 11 heteroatoms. The molecular weight excluding hydrogens is 322 g/mol. The monoisotopic (exact) mass is 331 g/mol. The van der Waals surface area contributed by atoms with Crippen LogP contribution in [-0.4, -0.2) is 23.5 Å². The highest BCUT2D eigenvalue weighted by Crippen LogP contribution is 2.50. The van der Waals surface area contributed by atoms with E-state index in [0.717, 1.165) is 24.3 Å². The van der Waals surface area contributed by atoms with Crippen LogP contribution < -0.4 is 10.5 Å². The summed E-state index contributed by atoms with van der Waals surface area (Å²) in [5, 5.41) is 19.9. The Kier molecular flexibility index (Phi) is 4.63. The van der Waals surface area contributed by atoms with Gasteiger partial charge in [-0.3, -0.25) is 10.0 Å². The fourth-order valence-electron chi connectivity index (χ4n) is 1.35. The van der Waals surface area contributed by atoms with Crippen molar-refractivity contribution in [3.05, 3.63) is 29.5 Å².